The number of anilines is 1. The lowest BCUT2D eigenvalue weighted by Crippen LogP contribution is -2.43. The quantitative estimate of drug-likeness (QED) is 0.581. The number of nitrogens with one attached hydrogen (secondary N) is 1. The first-order valence-electron chi connectivity index (χ1n) is 10.8. The number of alkyl halides is 3. The van der Waals surface area contributed by atoms with E-state index >= 15 is 0 Å². The Morgan fingerprint density at radius 2 is 1.76 bits per heavy atom. The number of sulfonamides is 1. The van der Waals surface area contributed by atoms with Gasteiger partial charge in [0.25, 0.3) is 0 Å². The number of benzene rings is 2. The number of nitrogens with zero attached hydrogens (tertiary/aromatic N) is 2. The zero-order valence-corrected chi connectivity index (χ0v) is 19.2. The van der Waals surface area contributed by atoms with Crippen molar-refractivity contribution in [2.45, 2.75) is 30.3 Å². The van der Waals surface area contributed by atoms with E-state index in [1.54, 1.807) is 0 Å². The predicted octanol–water partition coefficient (Wildman–Crippen LogP) is 3.75. The average Bonchev–Trinajstić information content (AvgIpc) is 2.81. The lowest BCUT2D eigenvalue weighted by Gasteiger charge is -2.30. The number of piperidine rings is 1. The van der Waals surface area contributed by atoms with Crippen molar-refractivity contribution < 1.29 is 26.4 Å². The highest BCUT2D eigenvalue weighted by Gasteiger charge is 2.35. The van der Waals surface area contributed by atoms with Crippen molar-refractivity contribution in [3.8, 4) is 0 Å². The molecule has 0 spiro atoms. The smallest absolute Gasteiger partial charge is 0.375 e. The Morgan fingerprint density at radius 1 is 1.09 bits per heavy atom. The Hall–Kier alpha value is -2.59. The molecular weight excluding hydrogens is 455 g/mol. The van der Waals surface area contributed by atoms with Crippen LogP contribution in [0, 0.1) is 5.92 Å². The number of hydrogen-bond donors (Lipinski definition) is 1. The van der Waals surface area contributed by atoms with Gasteiger partial charge in [0.15, 0.2) is 0 Å². The van der Waals surface area contributed by atoms with Crippen molar-refractivity contribution >= 4 is 21.6 Å². The Labute approximate surface area is 192 Å². The van der Waals surface area contributed by atoms with Gasteiger partial charge in [0.1, 0.15) is 0 Å². The number of carbonyl (C=O) groups excluding carboxylic acids is 1. The van der Waals surface area contributed by atoms with Crippen LogP contribution in [0.15, 0.2) is 59.5 Å². The van der Waals surface area contributed by atoms with Gasteiger partial charge >= 0.3 is 6.18 Å². The molecular formula is C23H28F3N3O3S. The third kappa shape index (κ3) is 6.48. The minimum atomic E-state index is -4.62. The topological polar surface area (TPSA) is 69.7 Å². The molecule has 1 amide bonds. The third-order valence-electron chi connectivity index (χ3n) is 5.79. The molecule has 10 heteroatoms. The van der Waals surface area contributed by atoms with Gasteiger partial charge in [-0.05, 0) is 49.6 Å². The van der Waals surface area contributed by atoms with Gasteiger partial charge in [0.05, 0.1) is 10.5 Å². The highest BCUT2D eigenvalue weighted by Crippen LogP contribution is 2.32. The molecule has 0 radical (unpaired) electrons. The van der Waals surface area contributed by atoms with Crippen molar-refractivity contribution in [2.24, 2.45) is 5.92 Å². The lowest BCUT2D eigenvalue weighted by molar-refractivity contribution is -0.137. The van der Waals surface area contributed by atoms with Crippen molar-refractivity contribution in [1.82, 2.24) is 9.62 Å². The Kier molecular flexibility index (Phi) is 8.01. The average molecular weight is 484 g/mol. The fourth-order valence-corrected chi connectivity index (χ4v) is 5.34. The van der Waals surface area contributed by atoms with Crippen molar-refractivity contribution in [3.05, 3.63) is 60.2 Å². The fraction of sp³-hybridized carbons (Fsp3) is 0.435. The maximum Gasteiger partial charge on any atom is 0.416 e. The molecule has 180 valence electrons. The molecule has 2 aromatic rings. The fourth-order valence-electron chi connectivity index (χ4n) is 3.82. The van der Waals surface area contributed by atoms with Crippen LogP contribution in [-0.2, 0) is 21.0 Å². The molecule has 2 aromatic carbocycles. The molecule has 1 heterocycles. The monoisotopic (exact) mass is 483 g/mol. The summed E-state index contributed by atoms with van der Waals surface area (Å²) in [4.78, 5) is 14.2. The summed E-state index contributed by atoms with van der Waals surface area (Å²) in [7, 11) is -2.07. The summed E-state index contributed by atoms with van der Waals surface area (Å²) in [5.74, 6) is -0.432. The third-order valence-corrected chi connectivity index (χ3v) is 7.68. The standard InChI is InChI=1S/C23H28F3N3O3S/c1-28(20-8-3-2-4-9-20)14-6-13-27-22(30)18-11-15-29(16-12-18)33(31,32)21-10-5-7-19(17-21)23(24,25)26/h2-5,7-10,17-18H,6,11-16H2,1H3,(H,27,30). The van der Waals surface area contributed by atoms with Gasteiger partial charge in [0.2, 0.25) is 15.9 Å². The summed E-state index contributed by atoms with van der Waals surface area (Å²) in [5, 5.41) is 2.91. The van der Waals surface area contributed by atoms with Crippen LogP contribution in [0.1, 0.15) is 24.8 Å². The molecule has 1 saturated heterocycles. The molecule has 6 nitrogen and oxygen atoms in total. The van der Waals surface area contributed by atoms with Gasteiger partial charge in [-0.3, -0.25) is 4.79 Å². The van der Waals surface area contributed by atoms with E-state index in [1.165, 1.54) is 0 Å². The number of carbonyl (C=O) groups is 1. The van der Waals surface area contributed by atoms with Crippen LogP contribution in [-0.4, -0.2) is 51.9 Å². The molecule has 0 aliphatic carbocycles. The van der Waals surface area contributed by atoms with Gasteiger partial charge in [-0.1, -0.05) is 24.3 Å². The molecule has 0 atom stereocenters. The highest BCUT2D eigenvalue weighted by molar-refractivity contribution is 7.89. The number of rotatable bonds is 8. The van der Waals surface area contributed by atoms with E-state index in [2.05, 4.69) is 10.2 Å². The van der Waals surface area contributed by atoms with E-state index in [4.69, 9.17) is 0 Å². The van der Waals surface area contributed by atoms with Crippen LogP contribution in [0.25, 0.3) is 0 Å². The summed E-state index contributed by atoms with van der Waals surface area (Å²) >= 11 is 0. The molecule has 3 rings (SSSR count). The number of halogens is 3. The lowest BCUT2D eigenvalue weighted by atomic mass is 9.97. The normalized spacial score (nSPS) is 15.9. The van der Waals surface area contributed by atoms with E-state index in [-0.39, 0.29) is 29.8 Å². The summed E-state index contributed by atoms with van der Waals surface area (Å²) < 4.78 is 65.6. The first-order valence-corrected chi connectivity index (χ1v) is 12.2. The second kappa shape index (κ2) is 10.6. The number of hydrogen-bond acceptors (Lipinski definition) is 4. The molecule has 1 aliphatic heterocycles. The van der Waals surface area contributed by atoms with Crippen molar-refractivity contribution in [2.75, 3.05) is 38.1 Å². The van der Waals surface area contributed by atoms with Gasteiger partial charge in [-0.15, -0.1) is 0 Å². The first-order chi connectivity index (χ1) is 15.6. The van der Waals surface area contributed by atoms with Crippen LogP contribution in [0.3, 0.4) is 0 Å². The van der Waals surface area contributed by atoms with Crippen LogP contribution in [0.5, 0.6) is 0 Å². The summed E-state index contributed by atoms with van der Waals surface area (Å²) in [5.41, 5.74) is 0.0916. The Morgan fingerprint density at radius 3 is 2.39 bits per heavy atom. The van der Waals surface area contributed by atoms with Gasteiger partial charge in [0, 0.05) is 44.8 Å². The molecule has 1 aliphatic rings. The molecule has 0 unspecified atom stereocenters. The molecule has 1 N–H and O–H groups in total. The minimum Gasteiger partial charge on any atom is -0.375 e. The summed E-state index contributed by atoms with van der Waals surface area (Å²) in [6.45, 7) is 1.47. The highest BCUT2D eigenvalue weighted by atomic mass is 32.2. The van der Waals surface area contributed by atoms with E-state index in [0.29, 0.717) is 25.5 Å². The second-order valence-corrected chi connectivity index (χ2v) is 10.0. The van der Waals surface area contributed by atoms with E-state index < -0.39 is 21.8 Å². The van der Waals surface area contributed by atoms with Crippen LogP contribution in [0.2, 0.25) is 0 Å². The molecule has 0 aromatic heterocycles. The Bertz CT molecular complexity index is 1040. The number of amides is 1. The van der Waals surface area contributed by atoms with Gasteiger partial charge in [-0.25, -0.2) is 8.42 Å². The predicted molar refractivity (Wildman–Crippen MR) is 120 cm³/mol. The van der Waals surface area contributed by atoms with E-state index in [9.17, 15) is 26.4 Å². The maximum atomic E-state index is 12.9. The van der Waals surface area contributed by atoms with Crippen LogP contribution >= 0.6 is 0 Å². The SMILES string of the molecule is CN(CCCNC(=O)C1CCN(S(=O)(=O)c2cccc(C(F)(F)F)c2)CC1)c1ccccc1. The first kappa shape index (κ1) is 25.0. The zero-order chi connectivity index (χ0) is 24.1. The molecule has 0 saturated carbocycles. The van der Waals surface area contributed by atoms with E-state index in [0.717, 1.165) is 41.2 Å². The van der Waals surface area contributed by atoms with Crippen molar-refractivity contribution in [1.29, 1.82) is 0 Å². The largest absolute Gasteiger partial charge is 0.416 e. The molecule has 1 fully saturated rings. The number of para-hydroxylation sites is 1. The molecule has 0 bridgehead atoms. The summed E-state index contributed by atoms with van der Waals surface area (Å²) in [6.07, 6.45) is -3.20. The van der Waals surface area contributed by atoms with Crippen molar-refractivity contribution in [3.63, 3.8) is 0 Å². The maximum absolute atomic E-state index is 12.9. The minimum absolute atomic E-state index is 0.0907. The van der Waals surface area contributed by atoms with E-state index in [1.807, 2.05) is 37.4 Å². The zero-order valence-electron chi connectivity index (χ0n) is 18.4. The summed E-state index contributed by atoms with van der Waals surface area (Å²) in [6, 6.07) is 13.7. The molecule has 33 heavy (non-hydrogen) atoms. The Balaban J connectivity index is 1.46. The van der Waals surface area contributed by atoms with Gasteiger partial charge < -0.3 is 10.2 Å². The van der Waals surface area contributed by atoms with Gasteiger partial charge in [-0.2, -0.15) is 17.5 Å². The second-order valence-electron chi connectivity index (χ2n) is 8.11. The van der Waals surface area contributed by atoms with Crippen LogP contribution < -0.4 is 10.2 Å². The van der Waals surface area contributed by atoms with Crippen LogP contribution in [0.4, 0.5) is 18.9 Å².